The van der Waals surface area contributed by atoms with Gasteiger partial charge in [-0.25, -0.2) is 9.97 Å². The van der Waals surface area contributed by atoms with Gasteiger partial charge >= 0.3 is 0 Å². The number of nitrogens with one attached hydrogen (secondary N) is 2. The Bertz CT molecular complexity index is 1690. The van der Waals surface area contributed by atoms with Crippen molar-refractivity contribution in [2.24, 2.45) is 7.05 Å². The van der Waals surface area contributed by atoms with Crippen molar-refractivity contribution < 1.29 is 14.3 Å². The number of rotatable bonds is 9. The highest BCUT2D eigenvalue weighted by atomic mass is 35.5. The fourth-order valence-corrected chi connectivity index (χ4v) is 5.80. The highest BCUT2D eigenvalue weighted by molar-refractivity contribution is 6.32. The van der Waals surface area contributed by atoms with Crippen LogP contribution in [0.1, 0.15) is 28.3 Å². The molecule has 1 fully saturated rings. The Hall–Kier alpha value is -4.58. The fraction of sp³-hybridized carbons (Fsp3) is 0.303. The molecule has 232 valence electrons. The van der Waals surface area contributed by atoms with Crippen molar-refractivity contribution in [1.29, 1.82) is 0 Å². The number of nitrogens with zero attached hydrogens (tertiary/aromatic N) is 6. The molecule has 4 heterocycles. The van der Waals surface area contributed by atoms with Crippen LogP contribution in [0.15, 0.2) is 79.1 Å². The Kier molecular flexibility index (Phi) is 9.49. The van der Waals surface area contributed by atoms with Gasteiger partial charge in [0.05, 0.1) is 24.6 Å². The van der Waals surface area contributed by atoms with Crippen molar-refractivity contribution in [3.63, 3.8) is 0 Å². The first kappa shape index (κ1) is 30.4. The molecule has 0 bridgehead atoms. The first-order chi connectivity index (χ1) is 21.9. The average molecular weight is 627 g/mol. The van der Waals surface area contributed by atoms with Gasteiger partial charge in [-0.1, -0.05) is 60.1 Å². The van der Waals surface area contributed by atoms with Crippen LogP contribution in [0.5, 0.6) is 0 Å². The average Bonchev–Trinajstić information content (AvgIpc) is 3.29. The van der Waals surface area contributed by atoms with Gasteiger partial charge < -0.3 is 20.3 Å². The van der Waals surface area contributed by atoms with E-state index in [4.69, 9.17) is 21.3 Å². The monoisotopic (exact) mass is 626 g/mol. The van der Waals surface area contributed by atoms with E-state index in [1.54, 1.807) is 30.2 Å². The molecular weight excluding hydrogens is 592 g/mol. The molecule has 2 aliphatic rings. The van der Waals surface area contributed by atoms with Crippen molar-refractivity contribution in [1.82, 2.24) is 29.5 Å². The van der Waals surface area contributed by atoms with E-state index in [0.717, 1.165) is 29.8 Å². The van der Waals surface area contributed by atoms with Gasteiger partial charge in [-0.15, -0.1) is 0 Å². The molecule has 2 aromatic carbocycles. The van der Waals surface area contributed by atoms with Gasteiger partial charge in [0.25, 0.3) is 0 Å². The number of halogens is 1. The van der Waals surface area contributed by atoms with Crippen LogP contribution in [0.2, 0.25) is 5.15 Å². The lowest BCUT2D eigenvalue weighted by Gasteiger charge is -2.25. The molecular formula is C33H35ClN8O3. The van der Waals surface area contributed by atoms with Crippen LogP contribution < -0.4 is 10.6 Å². The first-order valence-electron chi connectivity index (χ1n) is 15.0. The minimum absolute atomic E-state index is 0.0736. The van der Waals surface area contributed by atoms with Crippen molar-refractivity contribution in [2.45, 2.75) is 18.9 Å². The number of carbonyl (C=O) groups is 2. The maximum atomic E-state index is 14.4. The minimum atomic E-state index is -0.715. The standard InChI is InChI=1S/C33H35ClN8O3/c1-40-22-27(31(34)39-40)37-33-35-20-25-12-14-42(21-23-7-3-2-4-8-23)32(44)29(30(25)38-33)24-9-5-10-26(19-24)36-28(43)11-6-13-41-15-17-45-18-16-41/h2-11,19-20,22,29H,12-18,21H2,1H3,(H,36,43)(H,35,37,38)/b11-6+. The van der Waals surface area contributed by atoms with Crippen molar-refractivity contribution in [3.8, 4) is 0 Å². The third-order valence-corrected chi connectivity index (χ3v) is 8.13. The predicted octanol–water partition coefficient (Wildman–Crippen LogP) is 4.15. The van der Waals surface area contributed by atoms with E-state index in [9.17, 15) is 9.59 Å². The van der Waals surface area contributed by atoms with E-state index < -0.39 is 5.92 Å². The largest absolute Gasteiger partial charge is 0.379 e. The molecule has 4 aromatic rings. The van der Waals surface area contributed by atoms with Crippen molar-refractivity contribution in [2.75, 3.05) is 50.0 Å². The van der Waals surface area contributed by atoms with E-state index in [1.165, 1.54) is 0 Å². The number of aryl methyl sites for hydroxylation is 1. The number of hydrogen-bond donors (Lipinski definition) is 2. The topological polar surface area (TPSA) is 118 Å². The summed E-state index contributed by atoms with van der Waals surface area (Å²) in [5.74, 6) is -0.711. The molecule has 1 saturated heterocycles. The maximum absolute atomic E-state index is 14.4. The Morgan fingerprint density at radius 2 is 1.93 bits per heavy atom. The second-order valence-corrected chi connectivity index (χ2v) is 11.5. The summed E-state index contributed by atoms with van der Waals surface area (Å²) in [6.45, 7) is 4.79. The number of benzene rings is 2. The number of fused-ring (bicyclic) bond motifs is 1. The summed E-state index contributed by atoms with van der Waals surface area (Å²) in [5, 5.41) is 10.6. The highest BCUT2D eigenvalue weighted by Crippen LogP contribution is 2.34. The Balaban J connectivity index is 1.28. The summed E-state index contributed by atoms with van der Waals surface area (Å²) >= 11 is 6.28. The SMILES string of the molecule is Cn1cc(Nc2ncc3c(n2)C(c2cccc(NC(=O)/C=C/CN4CCOCC4)c2)C(=O)N(Cc2ccccc2)CC3)c(Cl)n1. The number of amides is 2. The summed E-state index contributed by atoms with van der Waals surface area (Å²) in [7, 11) is 1.77. The Labute approximate surface area is 266 Å². The van der Waals surface area contributed by atoms with E-state index in [0.29, 0.717) is 67.4 Å². The van der Waals surface area contributed by atoms with Gasteiger partial charge in [0.2, 0.25) is 17.8 Å². The molecule has 0 saturated carbocycles. The molecule has 2 aliphatic heterocycles. The summed E-state index contributed by atoms with van der Waals surface area (Å²) < 4.78 is 6.98. The zero-order chi connectivity index (χ0) is 31.2. The highest BCUT2D eigenvalue weighted by Gasteiger charge is 2.34. The smallest absolute Gasteiger partial charge is 0.248 e. The molecule has 0 radical (unpaired) electrons. The summed E-state index contributed by atoms with van der Waals surface area (Å²) in [6, 6.07) is 17.3. The van der Waals surface area contributed by atoms with Crippen LogP contribution in [-0.2, 0) is 34.3 Å². The quantitative estimate of drug-likeness (QED) is 0.266. The van der Waals surface area contributed by atoms with Gasteiger partial charge in [-0.05, 0) is 35.2 Å². The molecule has 1 atom stereocenters. The normalized spacial score (nSPS) is 17.2. The fourth-order valence-electron chi connectivity index (χ4n) is 5.59. The maximum Gasteiger partial charge on any atom is 0.248 e. The predicted molar refractivity (Wildman–Crippen MR) is 172 cm³/mol. The molecule has 2 aromatic heterocycles. The molecule has 2 amide bonds. The van der Waals surface area contributed by atoms with Gasteiger partial charge in [-0.3, -0.25) is 19.2 Å². The first-order valence-corrected chi connectivity index (χ1v) is 15.3. The van der Waals surface area contributed by atoms with E-state index in [-0.39, 0.29) is 11.8 Å². The summed E-state index contributed by atoms with van der Waals surface area (Å²) in [6.07, 6.45) is 7.51. The zero-order valence-corrected chi connectivity index (χ0v) is 25.8. The summed E-state index contributed by atoms with van der Waals surface area (Å²) in [5.41, 5.74) is 4.42. The molecule has 0 spiro atoms. The molecule has 11 nitrogen and oxygen atoms in total. The van der Waals surface area contributed by atoms with Gasteiger partial charge in [0.1, 0.15) is 5.92 Å². The van der Waals surface area contributed by atoms with E-state index in [2.05, 4.69) is 25.6 Å². The van der Waals surface area contributed by atoms with Crippen LogP contribution in [0, 0.1) is 0 Å². The van der Waals surface area contributed by atoms with E-state index >= 15 is 0 Å². The second-order valence-electron chi connectivity index (χ2n) is 11.1. The van der Waals surface area contributed by atoms with Crippen molar-refractivity contribution in [3.05, 3.63) is 107 Å². The molecule has 12 heteroatoms. The van der Waals surface area contributed by atoms with E-state index in [1.807, 2.05) is 65.6 Å². The zero-order valence-electron chi connectivity index (χ0n) is 25.0. The van der Waals surface area contributed by atoms with Gasteiger partial charge in [0, 0.05) is 63.9 Å². The lowest BCUT2D eigenvalue weighted by molar-refractivity contribution is -0.132. The third-order valence-electron chi connectivity index (χ3n) is 7.85. The Morgan fingerprint density at radius 1 is 1.11 bits per heavy atom. The second kappa shape index (κ2) is 14.0. The van der Waals surface area contributed by atoms with Crippen molar-refractivity contribution >= 4 is 40.7 Å². The molecule has 1 unspecified atom stereocenters. The third kappa shape index (κ3) is 7.56. The van der Waals surface area contributed by atoms with Crippen LogP contribution in [0.4, 0.5) is 17.3 Å². The van der Waals surface area contributed by atoms with Crippen LogP contribution in [-0.4, -0.2) is 80.8 Å². The summed E-state index contributed by atoms with van der Waals surface area (Å²) in [4.78, 5) is 40.7. The number of carbonyl (C=O) groups excluding carboxylic acids is 2. The van der Waals surface area contributed by atoms with Gasteiger partial charge in [-0.2, -0.15) is 5.10 Å². The van der Waals surface area contributed by atoms with Gasteiger partial charge in [0.15, 0.2) is 5.15 Å². The van der Waals surface area contributed by atoms with Crippen LogP contribution >= 0.6 is 11.6 Å². The lowest BCUT2D eigenvalue weighted by Crippen LogP contribution is -2.36. The number of ether oxygens (including phenoxy) is 1. The number of aromatic nitrogens is 4. The minimum Gasteiger partial charge on any atom is -0.379 e. The molecule has 0 aliphatic carbocycles. The van der Waals surface area contributed by atoms with Crippen LogP contribution in [0.3, 0.4) is 0 Å². The number of hydrogen-bond acceptors (Lipinski definition) is 8. The molecule has 6 rings (SSSR count). The number of anilines is 3. The Morgan fingerprint density at radius 3 is 2.71 bits per heavy atom. The van der Waals surface area contributed by atoms with Crippen LogP contribution in [0.25, 0.3) is 0 Å². The lowest BCUT2D eigenvalue weighted by atomic mass is 9.91. The molecule has 2 N–H and O–H groups in total. The molecule has 45 heavy (non-hydrogen) atoms. The number of morpholine rings is 1.